The summed E-state index contributed by atoms with van der Waals surface area (Å²) < 4.78 is 45.7. The minimum Gasteiger partial charge on any atom is -0.496 e. The van der Waals surface area contributed by atoms with Crippen LogP contribution in [0.2, 0.25) is 0 Å². The Morgan fingerprint density at radius 3 is 2.66 bits per heavy atom. The third-order valence-corrected chi connectivity index (χ3v) is 4.95. The molecular formula is C20H19F3N5O. The first-order valence-electron chi connectivity index (χ1n) is 9.12. The lowest BCUT2D eigenvalue weighted by atomic mass is 10.0. The normalized spacial score (nSPS) is 17.6. The first-order chi connectivity index (χ1) is 14.0. The van der Waals surface area contributed by atoms with Gasteiger partial charge in [0.15, 0.2) is 0 Å². The predicted molar refractivity (Wildman–Crippen MR) is 99.2 cm³/mol. The zero-order valence-corrected chi connectivity index (χ0v) is 15.7. The van der Waals surface area contributed by atoms with E-state index in [2.05, 4.69) is 39.0 Å². The molecule has 2 aromatic carbocycles. The van der Waals surface area contributed by atoms with Crippen LogP contribution < -0.4 is 4.74 Å². The Morgan fingerprint density at radius 1 is 1.14 bits per heavy atom. The molecule has 0 spiro atoms. The lowest BCUT2D eigenvalue weighted by Gasteiger charge is -2.25. The van der Waals surface area contributed by atoms with Crippen LogP contribution in [-0.4, -0.2) is 38.8 Å². The van der Waals surface area contributed by atoms with Gasteiger partial charge < -0.3 is 4.74 Å². The highest BCUT2D eigenvalue weighted by atomic mass is 19.4. The number of rotatable bonds is 5. The Bertz CT molecular complexity index is 974. The standard InChI is InChI=1S/C20H19F3N5O/c1-29-18-10-9-16(28-19(20(21,22)23)24-25-26-28)12-15(18)13-27-11-5-8-17(27)14-6-3-2-4-7-14/h2-4,6-10,12,17H,5,11,13H2,1H3. The van der Waals surface area contributed by atoms with E-state index in [1.54, 1.807) is 19.2 Å². The van der Waals surface area contributed by atoms with E-state index in [0.29, 0.717) is 17.0 Å². The molecule has 1 fully saturated rings. The van der Waals surface area contributed by atoms with Crippen LogP contribution in [0.5, 0.6) is 5.75 Å². The SMILES string of the molecule is COc1ccc(-n2nnnc2C(F)(F)F)cc1CN1CC[CH]C1c1ccccc1. The molecule has 0 N–H and O–H groups in total. The van der Waals surface area contributed by atoms with E-state index in [4.69, 9.17) is 4.74 Å². The summed E-state index contributed by atoms with van der Waals surface area (Å²) in [5.74, 6) is -0.556. The maximum Gasteiger partial charge on any atom is 0.453 e. The fraction of sp³-hybridized carbons (Fsp3) is 0.300. The molecule has 0 bridgehead atoms. The van der Waals surface area contributed by atoms with Crippen LogP contribution in [0.4, 0.5) is 13.2 Å². The number of halogens is 3. The first-order valence-corrected chi connectivity index (χ1v) is 9.12. The predicted octanol–water partition coefficient (Wildman–Crippen LogP) is 3.84. The highest BCUT2D eigenvalue weighted by molar-refractivity contribution is 5.44. The molecule has 3 aromatic rings. The Kier molecular flexibility index (Phi) is 5.23. The quantitative estimate of drug-likeness (QED) is 0.649. The van der Waals surface area contributed by atoms with Crippen molar-refractivity contribution in [2.24, 2.45) is 0 Å². The van der Waals surface area contributed by atoms with Gasteiger partial charge in [0, 0.05) is 18.2 Å². The number of methoxy groups -OCH3 is 1. The van der Waals surface area contributed by atoms with Gasteiger partial charge in [0.05, 0.1) is 12.8 Å². The molecule has 4 rings (SSSR count). The summed E-state index contributed by atoms with van der Waals surface area (Å²) in [6, 6.07) is 15.1. The number of benzene rings is 2. The topological polar surface area (TPSA) is 56.1 Å². The number of hydrogen-bond donors (Lipinski definition) is 0. The molecule has 0 aliphatic carbocycles. The second-order valence-electron chi connectivity index (χ2n) is 6.76. The number of alkyl halides is 3. The van der Waals surface area contributed by atoms with Crippen molar-refractivity contribution in [2.75, 3.05) is 13.7 Å². The number of aromatic nitrogens is 4. The summed E-state index contributed by atoms with van der Waals surface area (Å²) >= 11 is 0. The van der Waals surface area contributed by atoms with Crippen molar-refractivity contribution in [1.29, 1.82) is 0 Å². The molecule has 9 heteroatoms. The number of nitrogens with zero attached hydrogens (tertiary/aromatic N) is 5. The highest BCUT2D eigenvalue weighted by Crippen LogP contribution is 2.35. The minimum absolute atomic E-state index is 0.142. The largest absolute Gasteiger partial charge is 0.496 e. The van der Waals surface area contributed by atoms with Gasteiger partial charge in [-0.3, -0.25) is 4.90 Å². The first kappa shape index (κ1) is 19.4. The summed E-state index contributed by atoms with van der Waals surface area (Å²) in [4.78, 5) is 2.27. The molecule has 29 heavy (non-hydrogen) atoms. The van der Waals surface area contributed by atoms with E-state index in [-0.39, 0.29) is 11.7 Å². The second-order valence-corrected chi connectivity index (χ2v) is 6.76. The van der Waals surface area contributed by atoms with Crippen LogP contribution in [0.3, 0.4) is 0 Å². The van der Waals surface area contributed by atoms with E-state index < -0.39 is 12.0 Å². The number of tetrazole rings is 1. The highest BCUT2D eigenvalue weighted by Gasteiger charge is 2.38. The number of hydrogen-bond acceptors (Lipinski definition) is 5. The van der Waals surface area contributed by atoms with Gasteiger partial charge in [-0.05, 0) is 53.6 Å². The third-order valence-electron chi connectivity index (χ3n) is 4.95. The van der Waals surface area contributed by atoms with Gasteiger partial charge in [0.25, 0.3) is 5.82 Å². The lowest BCUT2D eigenvalue weighted by molar-refractivity contribution is -0.146. The van der Waals surface area contributed by atoms with Crippen LogP contribution in [0.15, 0.2) is 48.5 Å². The van der Waals surface area contributed by atoms with Gasteiger partial charge in [-0.25, -0.2) is 0 Å². The van der Waals surface area contributed by atoms with Gasteiger partial charge in [0.2, 0.25) is 0 Å². The molecule has 6 nitrogen and oxygen atoms in total. The fourth-order valence-corrected chi connectivity index (χ4v) is 3.64. The van der Waals surface area contributed by atoms with Crippen LogP contribution in [0.25, 0.3) is 5.69 Å². The van der Waals surface area contributed by atoms with Crippen LogP contribution in [0.1, 0.15) is 29.4 Å². The smallest absolute Gasteiger partial charge is 0.453 e. The van der Waals surface area contributed by atoms with E-state index in [9.17, 15) is 13.2 Å². The van der Waals surface area contributed by atoms with E-state index in [1.807, 2.05) is 18.2 Å². The van der Waals surface area contributed by atoms with Crippen molar-refractivity contribution < 1.29 is 17.9 Å². The molecule has 1 aromatic heterocycles. The minimum atomic E-state index is -4.65. The fourth-order valence-electron chi connectivity index (χ4n) is 3.64. The van der Waals surface area contributed by atoms with Gasteiger partial charge in [-0.15, -0.1) is 5.10 Å². The molecule has 151 valence electrons. The maximum atomic E-state index is 13.2. The molecule has 1 atom stereocenters. The van der Waals surface area contributed by atoms with Gasteiger partial charge in [0.1, 0.15) is 5.75 Å². The Hall–Kier alpha value is -2.94. The van der Waals surface area contributed by atoms with Gasteiger partial charge in [-0.2, -0.15) is 17.9 Å². The van der Waals surface area contributed by atoms with Crippen molar-refractivity contribution in [3.05, 3.63) is 71.9 Å². The van der Waals surface area contributed by atoms with Crippen molar-refractivity contribution in [2.45, 2.75) is 25.2 Å². The number of ether oxygens (including phenoxy) is 1. The molecule has 1 saturated heterocycles. The zero-order valence-electron chi connectivity index (χ0n) is 15.7. The van der Waals surface area contributed by atoms with Crippen LogP contribution in [0, 0.1) is 6.42 Å². The number of likely N-dealkylation sites (tertiary alicyclic amines) is 1. The summed E-state index contributed by atoms with van der Waals surface area (Å²) in [5.41, 5.74) is 2.18. The van der Waals surface area contributed by atoms with E-state index in [1.165, 1.54) is 11.6 Å². The zero-order chi connectivity index (χ0) is 20.4. The third kappa shape index (κ3) is 3.95. The second kappa shape index (κ2) is 7.82. The molecule has 0 saturated carbocycles. The average Bonchev–Trinajstić information content (AvgIpc) is 3.38. The Morgan fingerprint density at radius 2 is 1.93 bits per heavy atom. The van der Waals surface area contributed by atoms with Gasteiger partial charge >= 0.3 is 6.18 Å². The Labute approximate surface area is 165 Å². The lowest BCUT2D eigenvalue weighted by Crippen LogP contribution is -2.23. The van der Waals surface area contributed by atoms with E-state index >= 15 is 0 Å². The van der Waals surface area contributed by atoms with E-state index in [0.717, 1.165) is 18.5 Å². The molecular weight excluding hydrogens is 383 g/mol. The molecule has 1 aliphatic rings. The Balaban J connectivity index is 1.66. The van der Waals surface area contributed by atoms with Crippen molar-refractivity contribution in [3.63, 3.8) is 0 Å². The van der Waals surface area contributed by atoms with Crippen LogP contribution >= 0.6 is 0 Å². The van der Waals surface area contributed by atoms with Crippen molar-refractivity contribution in [1.82, 2.24) is 25.1 Å². The van der Waals surface area contributed by atoms with Crippen LogP contribution in [-0.2, 0) is 12.7 Å². The van der Waals surface area contributed by atoms with Crippen molar-refractivity contribution >= 4 is 0 Å². The summed E-state index contributed by atoms with van der Waals surface area (Å²) in [6.45, 7) is 1.38. The summed E-state index contributed by atoms with van der Waals surface area (Å²) in [5, 5.41) is 9.83. The molecule has 0 amide bonds. The molecule has 1 unspecified atom stereocenters. The molecule has 1 aliphatic heterocycles. The summed E-state index contributed by atoms with van der Waals surface area (Å²) in [6.07, 6.45) is -1.46. The maximum absolute atomic E-state index is 13.2. The molecule has 1 radical (unpaired) electrons. The van der Waals surface area contributed by atoms with Gasteiger partial charge in [-0.1, -0.05) is 30.3 Å². The summed E-state index contributed by atoms with van der Waals surface area (Å²) in [7, 11) is 1.54. The molecule has 2 heterocycles. The van der Waals surface area contributed by atoms with Crippen molar-refractivity contribution in [3.8, 4) is 11.4 Å². The monoisotopic (exact) mass is 402 g/mol. The average molecular weight is 402 g/mol.